The molecule has 2 rings (SSSR count). The largest absolute Gasteiger partial charge is 0.338 e. The van der Waals surface area contributed by atoms with Gasteiger partial charge in [-0.3, -0.25) is 0 Å². The predicted molar refractivity (Wildman–Crippen MR) is 80.6 cm³/mol. The number of hydrogen-bond donors (Lipinski definition) is 1. The van der Waals surface area contributed by atoms with E-state index in [-0.39, 0.29) is 16.7 Å². The average molecular weight is 380 g/mol. The number of rotatable bonds is 4. The molecule has 1 aromatic carbocycles. The summed E-state index contributed by atoms with van der Waals surface area (Å²) in [6.07, 6.45) is 0. The SMILES string of the molecule is CC(C)c1cc(NS(=O)(=O)c2ccc(Cl)c(Br)c2)on1. The molecule has 0 amide bonds. The van der Waals surface area contributed by atoms with Gasteiger partial charge in [-0.15, -0.1) is 0 Å². The van der Waals surface area contributed by atoms with Gasteiger partial charge < -0.3 is 4.52 Å². The molecule has 0 unspecified atom stereocenters. The molecule has 0 aliphatic carbocycles. The monoisotopic (exact) mass is 378 g/mol. The average Bonchev–Trinajstić information content (AvgIpc) is 2.80. The summed E-state index contributed by atoms with van der Waals surface area (Å²) in [5.41, 5.74) is 0.681. The van der Waals surface area contributed by atoms with Crippen molar-refractivity contribution in [3.05, 3.63) is 39.5 Å². The summed E-state index contributed by atoms with van der Waals surface area (Å²) in [4.78, 5) is 0.0799. The molecule has 1 aromatic heterocycles. The van der Waals surface area contributed by atoms with Gasteiger partial charge in [0.25, 0.3) is 10.0 Å². The summed E-state index contributed by atoms with van der Waals surface area (Å²) in [7, 11) is -3.74. The minimum Gasteiger partial charge on any atom is -0.338 e. The number of nitrogens with one attached hydrogen (secondary N) is 1. The Morgan fingerprint density at radius 3 is 2.60 bits per heavy atom. The van der Waals surface area contributed by atoms with Crippen LogP contribution in [0.4, 0.5) is 5.88 Å². The van der Waals surface area contributed by atoms with Crippen molar-refractivity contribution in [3.63, 3.8) is 0 Å². The maximum absolute atomic E-state index is 12.2. The number of nitrogens with zero attached hydrogens (tertiary/aromatic N) is 1. The summed E-state index contributed by atoms with van der Waals surface area (Å²) in [5.74, 6) is 0.237. The maximum atomic E-state index is 12.2. The second-order valence-electron chi connectivity index (χ2n) is 4.45. The summed E-state index contributed by atoms with van der Waals surface area (Å²) in [6, 6.07) is 5.90. The standard InChI is InChI=1S/C12H12BrClN2O3S/c1-7(2)11-6-12(19-15-11)16-20(17,18)8-3-4-10(14)9(13)5-8/h3-7,16H,1-2H3. The first-order chi connectivity index (χ1) is 9.29. The molecule has 0 atom stereocenters. The van der Waals surface area contributed by atoms with Gasteiger partial charge in [0.15, 0.2) is 0 Å². The topological polar surface area (TPSA) is 72.2 Å². The zero-order valence-corrected chi connectivity index (χ0v) is 13.9. The molecule has 0 radical (unpaired) electrons. The fourth-order valence-corrected chi connectivity index (χ4v) is 3.09. The molecule has 0 saturated carbocycles. The highest BCUT2D eigenvalue weighted by Crippen LogP contribution is 2.27. The van der Waals surface area contributed by atoms with E-state index in [1.807, 2.05) is 13.8 Å². The van der Waals surface area contributed by atoms with Crippen LogP contribution in [0.25, 0.3) is 0 Å². The zero-order chi connectivity index (χ0) is 14.9. The van der Waals surface area contributed by atoms with E-state index in [1.54, 1.807) is 6.07 Å². The van der Waals surface area contributed by atoms with Gasteiger partial charge in [0, 0.05) is 10.5 Å². The van der Waals surface area contributed by atoms with Crippen LogP contribution in [0.2, 0.25) is 5.02 Å². The van der Waals surface area contributed by atoms with Crippen LogP contribution in [0.5, 0.6) is 0 Å². The molecule has 0 bridgehead atoms. The molecule has 8 heteroatoms. The highest BCUT2D eigenvalue weighted by atomic mass is 79.9. The van der Waals surface area contributed by atoms with Crippen LogP contribution in [0.15, 0.2) is 38.2 Å². The third-order valence-corrected chi connectivity index (χ3v) is 5.11. The van der Waals surface area contributed by atoms with Gasteiger partial charge in [-0.25, -0.2) is 13.1 Å². The van der Waals surface area contributed by atoms with E-state index < -0.39 is 10.0 Å². The van der Waals surface area contributed by atoms with Gasteiger partial charge in [-0.2, -0.15) is 0 Å². The Morgan fingerprint density at radius 2 is 2.05 bits per heavy atom. The molecule has 0 fully saturated rings. The predicted octanol–water partition coefficient (Wildman–Crippen LogP) is 4.01. The van der Waals surface area contributed by atoms with Crippen molar-refractivity contribution in [3.8, 4) is 0 Å². The molecule has 1 N–H and O–H groups in total. The summed E-state index contributed by atoms with van der Waals surface area (Å²) in [5, 5.41) is 4.23. The van der Waals surface area contributed by atoms with Crippen LogP contribution in [0, 0.1) is 0 Å². The second kappa shape index (κ2) is 5.75. The molecule has 20 heavy (non-hydrogen) atoms. The normalized spacial score (nSPS) is 11.8. The van der Waals surface area contributed by atoms with Crippen molar-refractivity contribution in [2.24, 2.45) is 0 Å². The van der Waals surface area contributed by atoms with Crippen LogP contribution in [-0.2, 0) is 10.0 Å². The van der Waals surface area contributed by atoms with Crippen molar-refractivity contribution in [2.75, 3.05) is 4.72 Å². The minimum atomic E-state index is -3.74. The molecule has 0 aliphatic heterocycles. The third kappa shape index (κ3) is 3.34. The lowest BCUT2D eigenvalue weighted by atomic mass is 10.1. The molecule has 0 aliphatic rings. The van der Waals surface area contributed by atoms with Gasteiger partial charge in [-0.1, -0.05) is 30.6 Å². The number of aromatic nitrogens is 1. The van der Waals surface area contributed by atoms with E-state index in [1.165, 1.54) is 18.2 Å². The van der Waals surface area contributed by atoms with Gasteiger partial charge in [0.2, 0.25) is 5.88 Å². The quantitative estimate of drug-likeness (QED) is 0.871. The summed E-state index contributed by atoms with van der Waals surface area (Å²) < 4.78 is 32.2. The molecule has 0 spiro atoms. The Bertz CT molecular complexity index is 728. The Morgan fingerprint density at radius 1 is 1.35 bits per heavy atom. The first-order valence-electron chi connectivity index (χ1n) is 5.74. The zero-order valence-electron chi connectivity index (χ0n) is 10.7. The van der Waals surface area contributed by atoms with E-state index in [9.17, 15) is 8.42 Å². The number of benzene rings is 1. The van der Waals surface area contributed by atoms with Crippen molar-refractivity contribution in [1.29, 1.82) is 0 Å². The third-order valence-electron chi connectivity index (χ3n) is 2.56. The van der Waals surface area contributed by atoms with E-state index in [2.05, 4.69) is 25.8 Å². The van der Waals surface area contributed by atoms with Crippen LogP contribution in [0.1, 0.15) is 25.5 Å². The lowest BCUT2D eigenvalue weighted by Gasteiger charge is -2.05. The second-order valence-corrected chi connectivity index (χ2v) is 7.40. The van der Waals surface area contributed by atoms with Crippen LogP contribution in [-0.4, -0.2) is 13.6 Å². The Labute approximate surface area is 130 Å². The van der Waals surface area contributed by atoms with Gasteiger partial charge in [0.1, 0.15) is 0 Å². The minimum absolute atomic E-state index is 0.0799. The van der Waals surface area contributed by atoms with Crippen LogP contribution in [0.3, 0.4) is 0 Å². The highest BCUT2D eigenvalue weighted by molar-refractivity contribution is 9.10. The number of anilines is 1. The Hall–Kier alpha value is -1.05. The molecule has 5 nitrogen and oxygen atoms in total. The van der Waals surface area contributed by atoms with Crippen LogP contribution < -0.4 is 4.72 Å². The number of hydrogen-bond acceptors (Lipinski definition) is 4. The Kier molecular flexibility index (Phi) is 4.41. The Balaban J connectivity index is 2.28. The molecule has 108 valence electrons. The number of sulfonamides is 1. The molecule has 1 heterocycles. The molecule has 2 aromatic rings. The van der Waals surface area contributed by atoms with Crippen molar-refractivity contribution in [1.82, 2.24) is 5.16 Å². The van der Waals surface area contributed by atoms with Gasteiger partial charge >= 0.3 is 0 Å². The molecular weight excluding hydrogens is 368 g/mol. The van der Waals surface area contributed by atoms with Gasteiger partial charge in [0.05, 0.1) is 15.6 Å². The first-order valence-corrected chi connectivity index (χ1v) is 8.39. The maximum Gasteiger partial charge on any atom is 0.264 e. The van der Waals surface area contributed by atoms with Crippen molar-refractivity contribution < 1.29 is 12.9 Å². The van der Waals surface area contributed by atoms with E-state index in [0.29, 0.717) is 15.2 Å². The summed E-state index contributed by atoms with van der Waals surface area (Å²) in [6.45, 7) is 3.87. The molecule has 0 saturated heterocycles. The van der Waals surface area contributed by atoms with Crippen molar-refractivity contribution in [2.45, 2.75) is 24.7 Å². The van der Waals surface area contributed by atoms with E-state index in [4.69, 9.17) is 16.1 Å². The van der Waals surface area contributed by atoms with Crippen molar-refractivity contribution >= 4 is 43.4 Å². The highest BCUT2D eigenvalue weighted by Gasteiger charge is 2.18. The summed E-state index contributed by atoms with van der Waals surface area (Å²) >= 11 is 9.03. The lowest BCUT2D eigenvalue weighted by molar-refractivity contribution is 0.423. The van der Waals surface area contributed by atoms with Crippen LogP contribution >= 0.6 is 27.5 Å². The van der Waals surface area contributed by atoms with Gasteiger partial charge in [-0.05, 0) is 40.0 Å². The van der Waals surface area contributed by atoms with E-state index >= 15 is 0 Å². The van der Waals surface area contributed by atoms with E-state index in [0.717, 1.165) is 0 Å². The fourth-order valence-electron chi connectivity index (χ4n) is 1.44. The smallest absolute Gasteiger partial charge is 0.264 e. The molecular formula is C12H12BrClN2O3S. The first kappa shape index (κ1) is 15.3. The number of halogens is 2. The fraction of sp³-hybridized carbons (Fsp3) is 0.250. The lowest BCUT2D eigenvalue weighted by Crippen LogP contribution is -2.12.